The van der Waals surface area contributed by atoms with Crippen molar-refractivity contribution in [1.82, 2.24) is 10.3 Å². The van der Waals surface area contributed by atoms with Crippen molar-refractivity contribution in [2.45, 2.75) is 26.3 Å². The number of benzene rings is 1. The van der Waals surface area contributed by atoms with Crippen LogP contribution in [0.1, 0.15) is 31.1 Å². The van der Waals surface area contributed by atoms with Crippen LogP contribution in [0.5, 0.6) is 0 Å². The molecule has 6 heteroatoms. The Hall–Kier alpha value is -1.78. The van der Waals surface area contributed by atoms with Crippen molar-refractivity contribution >= 4 is 40.5 Å². The fraction of sp³-hybridized carbons (Fsp3) is 0.250. The van der Waals surface area contributed by atoms with Gasteiger partial charge in [-0.15, -0.1) is 0 Å². The molecular weight excluding hydrogens is 321 g/mol. The summed E-state index contributed by atoms with van der Waals surface area (Å²) in [4.78, 5) is 16.2. The van der Waals surface area contributed by atoms with Gasteiger partial charge in [-0.2, -0.15) is 0 Å². The standard InChI is InChI=1S/C16H17Cl2N3O/c1-16(2,3)21-15(22)10-4-14(9-19-8-10)20-13-6-11(17)5-12(18)7-13/h4-9,20H,1-3H3,(H,21,22). The second-order valence-electron chi connectivity index (χ2n) is 5.95. The zero-order valence-electron chi connectivity index (χ0n) is 12.6. The molecule has 4 nitrogen and oxygen atoms in total. The summed E-state index contributed by atoms with van der Waals surface area (Å²) in [6.07, 6.45) is 3.15. The van der Waals surface area contributed by atoms with Gasteiger partial charge in [0.25, 0.3) is 5.91 Å². The topological polar surface area (TPSA) is 54.0 Å². The van der Waals surface area contributed by atoms with Gasteiger partial charge in [-0.3, -0.25) is 9.78 Å². The van der Waals surface area contributed by atoms with E-state index in [1.54, 1.807) is 30.5 Å². The van der Waals surface area contributed by atoms with Crippen LogP contribution in [0.25, 0.3) is 0 Å². The highest BCUT2D eigenvalue weighted by Gasteiger charge is 2.15. The number of amides is 1. The number of pyridine rings is 1. The fourth-order valence-corrected chi connectivity index (χ4v) is 2.36. The second-order valence-corrected chi connectivity index (χ2v) is 6.82. The van der Waals surface area contributed by atoms with E-state index in [2.05, 4.69) is 15.6 Å². The van der Waals surface area contributed by atoms with Gasteiger partial charge in [0, 0.05) is 27.5 Å². The number of rotatable bonds is 3. The monoisotopic (exact) mass is 337 g/mol. The quantitative estimate of drug-likeness (QED) is 0.856. The number of aromatic nitrogens is 1. The molecule has 0 saturated heterocycles. The highest BCUT2D eigenvalue weighted by Crippen LogP contribution is 2.25. The molecule has 116 valence electrons. The SMILES string of the molecule is CC(C)(C)NC(=O)c1cncc(Nc2cc(Cl)cc(Cl)c2)c1. The number of halogens is 2. The van der Waals surface area contributed by atoms with Gasteiger partial charge in [0.05, 0.1) is 17.4 Å². The summed E-state index contributed by atoms with van der Waals surface area (Å²) in [5.74, 6) is -0.173. The number of nitrogens with zero attached hydrogens (tertiary/aromatic N) is 1. The van der Waals surface area contributed by atoms with Gasteiger partial charge in [0.15, 0.2) is 0 Å². The van der Waals surface area contributed by atoms with Gasteiger partial charge in [-0.25, -0.2) is 0 Å². The molecule has 1 aromatic carbocycles. The molecule has 0 atom stereocenters. The molecule has 0 aliphatic carbocycles. The normalized spacial score (nSPS) is 11.1. The highest BCUT2D eigenvalue weighted by molar-refractivity contribution is 6.35. The maximum absolute atomic E-state index is 12.2. The van der Waals surface area contributed by atoms with E-state index in [9.17, 15) is 4.79 Å². The lowest BCUT2D eigenvalue weighted by molar-refractivity contribution is 0.0919. The maximum atomic E-state index is 12.2. The van der Waals surface area contributed by atoms with E-state index in [1.807, 2.05) is 20.8 Å². The van der Waals surface area contributed by atoms with Crippen LogP contribution in [0.15, 0.2) is 36.7 Å². The molecule has 0 bridgehead atoms. The number of carbonyl (C=O) groups excluding carboxylic acids is 1. The Balaban J connectivity index is 2.19. The highest BCUT2D eigenvalue weighted by atomic mass is 35.5. The van der Waals surface area contributed by atoms with Crippen molar-refractivity contribution < 1.29 is 4.79 Å². The van der Waals surface area contributed by atoms with Crippen LogP contribution in [0, 0.1) is 0 Å². The molecule has 0 saturated carbocycles. The average Bonchev–Trinajstić information content (AvgIpc) is 2.35. The second kappa shape index (κ2) is 6.55. The summed E-state index contributed by atoms with van der Waals surface area (Å²) in [7, 11) is 0. The molecule has 2 rings (SSSR count). The molecule has 0 radical (unpaired) electrons. The number of carbonyl (C=O) groups is 1. The first-order valence-corrected chi connectivity index (χ1v) is 7.49. The van der Waals surface area contributed by atoms with E-state index in [0.717, 1.165) is 5.69 Å². The van der Waals surface area contributed by atoms with Crippen LogP contribution in [0.4, 0.5) is 11.4 Å². The van der Waals surface area contributed by atoms with Crippen LogP contribution >= 0.6 is 23.2 Å². The first-order chi connectivity index (χ1) is 10.2. The summed E-state index contributed by atoms with van der Waals surface area (Å²) < 4.78 is 0. The number of hydrogen-bond donors (Lipinski definition) is 2. The number of anilines is 2. The summed E-state index contributed by atoms with van der Waals surface area (Å²) in [6.45, 7) is 5.77. The van der Waals surface area contributed by atoms with E-state index in [-0.39, 0.29) is 11.4 Å². The Morgan fingerprint density at radius 2 is 1.64 bits per heavy atom. The van der Waals surface area contributed by atoms with Crippen molar-refractivity contribution in [1.29, 1.82) is 0 Å². The van der Waals surface area contributed by atoms with Gasteiger partial charge < -0.3 is 10.6 Å². The van der Waals surface area contributed by atoms with Crippen molar-refractivity contribution in [2.24, 2.45) is 0 Å². The molecule has 0 unspecified atom stereocenters. The van der Waals surface area contributed by atoms with Crippen molar-refractivity contribution in [3.8, 4) is 0 Å². The third-order valence-electron chi connectivity index (χ3n) is 2.64. The maximum Gasteiger partial charge on any atom is 0.253 e. The van der Waals surface area contributed by atoms with E-state index < -0.39 is 0 Å². The first kappa shape index (κ1) is 16.6. The van der Waals surface area contributed by atoms with E-state index in [4.69, 9.17) is 23.2 Å². The van der Waals surface area contributed by atoms with Gasteiger partial charge in [0.2, 0.25) is 0 Å². The lowest BCUT2D eigenvalue weighted by Crippen LogP contribution is -2.40. The van der Waals surface area contributed by atoms with Crippen molar-refractivity contribution in [3.63, 3.8) is 0 Å². The van der Waals surface area contributed by atoms with Gasteiger partial charge in [0.1, 0.15) is 0 Å². The minimum atomic E-state index is -0.305. The Kier molecular flexibility index (Phi) is 4.94. The Morgan fingerprint density at radius 3 is 2.23 bits per heavy atom. The largest absolute Gasteiger partial charge is 0.354 e. The fourth-order valence-electron chi connectivity index (χ4n) is 1.84. The van der Waals surface area contributed by atoms with Crippen molar-refractivity contribution in [3.05, 3.63) is 52.3 Å². The summed E-state index contributed by atoms with van der Waals surface area (Å²) in [6, 6.07) is 6.87. The molecule has 0 spiro atoms. The van der Waals surface area contributed by atoms with Gasteiger partial charge in [-0.1, -0.05) is 23.2 Å². The van der Waals surface area contributed by atoms with Gasteiger partial charge in [-0.05, 0) is 45.0 Å². The lowest BCUT2D eigenvalue weighted by Gasteiger charge is -2.20. The van der Waals surface area contributed by atoms with E-state index in [0.29, 0.717) is 21.3 Å². The minimum absolute atomic E-state index is 0.173. The van der Waals surface area contributed by atoms with Gasteiger partial charge >= 0.3 is 0 Å². The predicted molar refractivity (Wildman–Crippen MR) is 91.2 cm³/mol. The molecule has 2 aromatic rings. The van der Waals surface area contributed by atoms with Crippen LogP contribution in [0.2, 0.25) is 10.0 Å². The van der Waals surface area contributed by atoms with Crippen LogP contribution in [-0.2, 0) is 0 Å². The van der Waals surface area contributed by atoms with Crippen LogP contribution in [0.3, 0.4) is 0 Å². The Bertz CT molecular complexity index is 676. The predicted octanol–water partition coefficient (Wildman–Crippen LogP) is 4.66. The lowest BCUT2D eigenvalue weighted by atomic mass is 10.1. The average molecular weight is 338 g/mol. The zero-order valence-corrected chi connectivity index (χ0v) is 14.1. The molecule has 2 N–H and O–H groups in total. The van der Waals surface area contributed by atoms with Crippen LogP contribution in [-0.4, -0.2) is 16.4 Å². The van der Waals surface area contributed by atoms with Crippen LogP contribution < -0.4 is 10.6 Å². The third kappa shape index (κ3) is 4.90. The summed E-state index contributed by atoms with van der Waals surface area (Å²) in [5, 5.41) is 7.09. The summed E-state index contributed by atoms with van der Waals surface area (Å²) >= 11 is 11.9. The van der Waals surface area contributed by atoms with E-state index >= 15 is 0 Å². The molecule has 0 aliphatic heterocycles. The molecule has 22 heavy (non-hydrogen) atoms. The number of hydrogen-bond acceptors (Lipinski definition) is 3. The Morgan fingerprint density at radius 1 is 1.00 bits per heavy atom. The minimum Gasteiger partial charge on any atom is -0.354 e. The molecule has 0 aliphatic rings. The zero-order chi connectivity index (χ0) is 16.3. The third-order valence-corrected chi connectivity index (χ3v) is 3.08. The molecule has 1 aromatic heterocycles. The molecule has 0 fully saturated rings. The summed E-state index contributed by atoms with van der Waals surface area (Å²) in [5.41, 5.74) is 1.58. The van der Waals surface area contributed by atoms with E-state index in [1.165, 1.54) is 6.20 Å². The smallest absolute Gasteiger partial charge is 0.253 e. The van der Waals surface area contributed by atoms with Crippen molar-refractivity contribution in [2.75, 3.05) is 5.32 Å². The first-order valence-electron chi connectivity index (χ1n) is 6.74. The molecular formula is C16H17Cl2N3O. The number of nitrogens with one attached hydrogen (secondary N) is 2. The molecule has 1 heterocycles. The molecule has 1 amide bonds. The Labute approximate surface area is 139 Å².